The Bertz CT molecular complexity index is 410. The van der Waals surface area contributed by atoms with Crippen LogP contribution in [0.4, 0.5) is 0 Å². The summed E-state index contributed by atoms with van der Waals surface area (Å²) in [4.78, 5) is 26.9. The van der Waals surface area contributed by atoms with Gasteiger partial charge in [0.05, 0.1) is 12.5 Å². The predicted octanol–water partition coefficient (Wildman–Crippen LogP) is -0.330. The van der Waals surface area contributed by atoms with Crippen LogP contribution in [0.5, 0.6) is 0 Å². The van der Waals surface area contributed by atoms with Crippen molar-refractivity contribution in [2.75, 3.05) is 33.2 Å². The maximum absolute atomic E-state index is 12.0. The molecule has 1 aromatic heterocycles. The van der Waals surface area contributed by atoms with Gasteiger partial charge in [0, 0.05) is 45.3 Å². The third-order valence-electron chi connectivity index (χ3n) is 2.93. The summed E-state index contributed by atoms with van der Waals surface area (Å²) in [5.41, 5.74) is 0.874. The maximum atomic E-state index is 12.0. The van der Waals surface area contributed by atoms with Crippen LogP contribution in [0.25, 0.3) is 0 Å². The molecule has 1 fully saturated rings. The normalized spacial score (nSPS) is 15.5. The third kappa shape index (κ3) is 2.89. The summed E-state index contributed by atoms with van der Waals surface area (Å²) in [6.45, 7) is 3.04. The molecule has 0 radical (unpaired) electrons. The number of furan rings is 1. The smallest absolute Gasteiger partial charge is 0.312 e. The second kappa shape index (κ2) is 5.68. The number of hydrogen-bond donors (Lipinski definition) is 1. The lowest BCUT2D eigenvalue weighted by atomic mass is 10.3. The average molecular weight is 251 g/mol. The summed E-state index contributed by atoms with van der Waals surface area (Å²) in [6, 6.07) is 1.78. The van der Waals surface area contributed by atoms with Gasteiger partial charge < -0.3 is 19.5 Å². The van der Waals surface area contributed by atoms with Crippen molar-refractivity contribution in [3.63, 3.8) is 0 Å². The van der Waals surface area contributed by atoms with E-state index < -0.39 is 11.8 Å². The number of carbonyl (C=O) groups excluding carboxylic acids is 2. The van der Waals surface area contributed by atoms with E-state index in [1.807, 2.05) is 0 Å². The van der Waals surface area contributed by atoms with Crippen molar-refractivity contribution in [3.8, 4) is 0 Å². The molecule has 0 saturated carbocycles. The Balaban J connectivity index is 1.91. The third-order valence-corrected chi connectivity index (χ3v) is 2.93. The second-order valence-electron chi connectivity index (χ2n) is 4.34. The first-order valence-corrected chi connectivity index (χ1v) is 5.94. The Morgan fingerprint density at radius 3 is 2.78 bits per heavy atom. The highest BCUT2D eigenvalue weighted by molar-refractivity contribution is 6.34. The summed E-state index contributed by atoms with van der Waals surface area (Å²) in [7, 11) is 1.62. The molecule has 1 N–H and O–H groups in total. The summed E-state index contributed by atoms with van der Waals surface area (Å²) in [5, 5.41) is 3.14. The first kappa shape index (κ1) is 12.6. The molecule has 0 unspecified atom stereocenters. The molecule has 0 aliphatic carbocycles. The molecule has 0 aromatic carbocycles. The van der Waals surface area contributed by atoms with Gasteiger partial charge in [-0.15, -0.1) is 0 Å². The van der Waals surface area contributed by atoms with Crippen LogP contribution in [-0.4, -0.2) is 54.8 Å². The minimum Gasteiger partial charge on any atom is -0.472 e. The molecule has 0 spiro atoms. The van der Waals surface area contributed by atoms with Crippen LogP contribution in [0.1, 0.15) is 5.56 Å². The summed E-state index contributed by atoms with van der Waals surface area (Å²) in [5.74, 6) is -0.902. The number of rotatable bonds is 2. The molecule has 98 valence electrons. The van der Waals surface area contributed by atoms with Gasteiger partial charge in [-0.3, -0.25) is 9.59 Å². The van der Waals surface area contributed by atoms with Gasteiger partial charge in [0.25, 0.3) is 0 Å². The average Bonchev–Trinajstić information content (AvgIpc) is 2.91. The van der Waals surface area contributed by atoms with Crippen LogP contribution < -0.4 is 5.32 Å². The van der Waals surface area contributed by atoms with Gasteiger partial charge in [-0.2, -0.15) is 0 Å². The van der Waals surface area contributed by atoms with Crippen molar-refractivity contribution in [2.24, 2.45) is 0 Å². The molecule has 0 bridgehead atoms. The van der Waals surface area contributed by atoms with Crippen molar-refractivity contribution in [1.82, 2.24) is 15.1 Å². The van der Waals surface area contributed by atoms with Crippen LogP contribution in [0.15, 0.2) is 23.0 Å². The van der Waals surface area contributed by atoms with Crippen molar-refractivity contribution in [2.45, 2.75) is 6.54 Å². The zero-order chi connectivity index (χ0) is 13.0. The maximum Gasteiger partial charge on any atom is 0.312 e. The van der Waals surface area contributed by atoms with E-state index >= 15 is 0 Å². The number of amides is 2. The predicted molar refractivity (Wildman–Crippen MR) is 64.6 cm³/mol. The Morgan fingerprint density at radius 1 is 1.44 bits per heavy atom. The van der Waals surface area contributed by atoms with Crippen LogP contribution in [0, 0.1) is 0 Å². The lowest BCUT2D eigenvalue weighted by Crippen LogP contribution is -2.51. The van der Waals surface area contributed by atoms with E-state index in [1.54, 1.807) is 30.5 Å². The highest BCUT2D eigenvalue weighted by Gasteiger charge is 2.26. The molecule has 1 aromatic rings. The molecule has 1 aliphatic rings. The van der Waals surface area contributed by atoms with Crippen molar-refractivity contribution in [1.29, 1.82) is 0 Å². The summed E-state index contributed by atoms with van der Waals surface area (Å²) < 4.78 is 4.93. The number of likely N-dealkylation sites (N-methyl/N-ethyl adjacent to an activating group) is 1. The Morgan fingerprint density at radius 2 is 2.17 bits per heavy atom. The first-order chi connectivity index (χ1) is 8.68. The van der Waals surface area contributed by atoms with Gasteiger partial charge in [0.2, 0.25) is 0 Å². The Kier molecular flexibility index (Phi) is 3.99. The monoisotopic (exact) mass is 251 g/mol. The standard InChI is InChI=1S/C12H17N3O3/c1-14(8-10-2-7-18-9-10)11(16)12(17)15-5-3-13-4-6-15/h2,7,9,13H,3-6,8H2,1H3. The molecule has 2 rings (SSSR count). The van der Waals surface area contributed by atoms with E-state index in [2.05, 4.69) is 5.32 Å². The zero-order valence-corrected chi connectivity index (χ0v) is 10.4. The van der Waals surface area contributed by atoms with E-state index in [0.717, 1.165) is 18.7 Å². The highest BCUT2D eigenvalue weighted by atomic mass is 16.3. The van der Waals surface area contributed by atoms with Gasteiger partial charge >= 0.3 is 11.8 Å². The lowest BCUT2D eigenvalue weighted by molar-refractivity contribution is -0.151. The van der Waals surface area contributed by atoms with Crippen molar-refractivity contribution < 1.29 is 14.0 Å². The van der Waals surface area contributed by atoms with Crippen molar-refractivity contribution in [3.05, 3.63) is 24.2 Å². The quantitative estimate of drug-likeness (QED) is 0.731. The molecule has 6 heteroatoms. The minimum atomic E-state index is -0.474. The molecule has 6 nitrogen and oxygen atoms in total. The fourth-order valence-corrected chi connectivity index (χ4v) is 1.89. The fraction of sp³-hybridized carbons (Fsp3) is 0.500. The van der Waals surface area contributed by atoms with E-state index in [1.165, 1.54) is 4.90 Å². The molecule has 1 aliphatic heterocycles. The summed E-state index contributed by atoms with van der Waals surface area (Å²) >= 11 is 0. The van der Waals surface area contributed by atoms with Crippen LogP contribution in [-0.2, 0) is 16.1 Å². The molecular weight excluding hydrogens is 234 g/mol. The SMILES string of the molecule is CN(Cc1ccoc1)C(=O)C(=O)N1CCNCC1. The van der Waals surface area contributed by atoms with Gasteiger partial charge in [-0.25, -0.2) is 0 Å². The van der Waals surface area contributed by atoms with Crippen LogP contribution in [0.2, 0.25) is 0 Å². The van der Waals surface area contributed by atoms with Gasteiger partial charge in [-0.05, 0) is 6.07 Å². The minimum absolute atomic E-state index is 0.382. The largest absolute Gasteiger partial charge is 0.472 e. The topological polar surface area (TPSA) is 65.8 Å². The van der Waals surface area contributed by atoms with E-state index in [-0.39, 0.29) is 0 Å². The van der Waals surface area contributed by atoms with Gasteiger partial charge in [0.15, 0.2) is 0 Å². The molecular formula is C12H17N3O3. The molecule has 18 heavy (non-hydrogen) atoms. The molecule has 1 saturated heterocycles. The van der Waals surface area contributed by atoms with Gasteiger partial charge in [-0.1, -0.05) is 0 Å². The fourth-order valence-electron chi connectivity index (χ4n) is 1.89. The number of nitrogens with one attached hydrogen (secondary N) is 1. The van der Waals surface area contributed by atoms with E-state index in [4.69, 9.17) is 4.42 Å². The zero-order valence-electron chi connectivity index (χ0n) is 10.4. The molecule has 0 atom stereocenters. The number of piperazine rings is 1. The Labute approximate surface area is 106 Å². The van der Waals surface area contributed by atoms with Crippen molar-refractivity contribution >= 4 is 11.8 Å². The van der Waals surface area contributed by atoms with E-state index in [9.17, 15) is 9.59 Å². The molecule has 2 amide bonds. The second-order valence-corrected chi connectivity index (χ2v) is 4.34. The van der Waals surface area contributed by atoms with E-state index in [0.29, 0.717) is 19.6 Å². The first-order valence-electron chi connectivity index (χ1n) is 5.94. The lowest BCUT2D eigenvalue weighted by Gasteiger charge is -2.28. The summed E-state index contributed by atoms with van der Waals surface area (Å²) in [6.07, 6.45) is 3.12. The highest BCUT2D eigenvalue weighted by Crippen LogP contribution is 2.05. The number of carbonyl (C=O) groups is 2. The Hall–Kier alpha value is -1.82. The van der Waals surface area contributed by atoms with Crippen LogP contribution >= 0.6 is 0 Å². The number of hydrogen-bond acceptors (Lipinski definition) is 4. The van der Waals surface area contributed by atoms with Crippen LogP contribution in [0.3, 0.4) is 0 Å². The molecule has 2 heterocycles. The number of nitrogens with zero attached hydrogens (tertiary/aromatic N) is 2. The van der Waals surface area contributed by atoms with Gasteiger partial charge in [0.1, 0.15) is 0 Å².